The Morgan fingerprint density at radius 3 is 2.61 bits per heavy atom. The normalized spacial score (nSPS) is 24.0. The third-order valence-electron chi connectivity index (χ3n) is 6.90. The molecule has 180 valence electrons. The molecule has 2 fully saturated rings. The molecule has 5 nitrogen and oxygen atoms in total. The van der Waals surface area contributed by atoms with Crippen LogP contribution in [-0.4, -0.2) is 65.3 Å². The maximum Gasteiger partial charge on any atom is 0.124 e. The maximum absolute atomic E-state index is 11.3. The number of ether oxygens (including phenoxy) is 1. The van der Waals surface area contributed by atoms with Crippen molar-refractivity contribution in [3.05, 3.63) is 63.1 Å². The molecule has 0 spiro atoms. The molecule has 2 N–H and O–H groups in total. The summed E-state index contributed by atoms with van der Waals surface area (Å²) >= 11 is 9.60. The third-order valence-corrected chi connectivity index (χ3v) is 7.65. The highest BCUT2D eigenvalue weighted by atomic mass is 79.9. The summed E-state index contributed by atoms with van der Waals surface area (Å²) in [5.41, 5.74) is 1.65. The van der Waals surface area contributed by atoms with Gasteiger partial charge in [0.25, 0.3) is 0 Å². The smallest absolute Gasteiger partial charge is 0.124 e. The first-order valence-corrected chi connectivity index (χ1v) is 13.0. The second kappa shape index (κ2) is 11.1. The summed E-state index contributed by atoms with van der Waals surface area (Å²) in [4.78, 5) is 4.88. The molecular weight excluding hydrogens is 502 g/mol. The van der Waals surface area contributed by atoms with E-state index in [-0.39, 0.29) is 0 Å². The molecule has 2 aromatic rings. The van der Waals surface area contributed by atoms with Crippen LogP contribution in [0.1, 0.15) is 37.8 Å². The Morgan fingerprint density at radius 2 is 1.88 bits per heavy atom. The first-order chi connectivity index (χ1) is 15.8. The van der Waals surface area contributed by atoms with E-state index in [9.17, 15) is 5.11 Å². The molecule has 7 heteroatoms. The van der Waals surface area contributed by atoms with Crippen LogP contribution in [-0.2, 0) is 13.2 Å². The van der Waals surface area contributed by atoms with E-state index in [1.54, 1.807) is 0 Å². The van der Waals surface area contributed by atoms with Gasteiger partial charge in [-0.3, -0.25) is 9.80 Å². The summed E-state index contributed by atoms with van der Waals surface area (Å²) in [6.45, 7) is 10.3. The SMILES string of the molecule is CC1CN(CC2(O)CCN(Cc3cc(Br)ccc3OCc3ccc(Cl)cc3)CC2)C(C)CN1. The number of piperazine rings is 1. The Kier molecular flexibility index (Phi) is 8.37. The molecule has 2 heterocycles. The number of hydrogen-bond donors (Lipinski definition) is 2. The zero-order chi connectivity index (χ0) is 23.4. The second-order valence-electron chi connectivity index (χ2n) is 9.76. The number of benzene rings is 2. The van der Waals surface area contributed by atoms with E-state index in [1.807, 2.05) is 36.4 Å². The fourth-order valence-corrected chi connectivity index (χ4v) is 5.31. The van der Waals surface area contributed by atoms with E-state index < -0.39 is 5.60 Å². The van der Waals surface area contributed by atoms with E-state index in [1.165, 1.54) is 0 Å². The van der Waals surface area contributed by atoms with Gasteiger partial charge in [-0.1, -0.05) is 39.7 Å². The lowest BCUT2D eigenvalue weighted by atomic mass is 9.89. The maximum atomic E-state index is 11.3. The number of nitrogens with zero attached hydrogens (tertiary/aromatic N) is 2. The van der Waals surface area contributed by atoms with Gasteiger partial charge >= 0.3 is 0 Å². The van der Waals surface area contributed by atoms with Gasteiger partial charge < -0.3 is 15.2 Å². The topological polar surface area (TPSA) is 48.0 Å². The van der Waals surface area contributed by atoms with Crippen LogP contribution in [0, 0.1) is 0 Å². The van der Waals surface area contributed by atoms with Crippen molar-refractivity contribution in [2.75, 3.05) is 32.7 Å². The fraction of sp³-hybridized carbons (Fsp3) is 0.538. The number of rotatable bonds is 7. The van der Waals surface area contributed by atoms with Crippen molar-refractivity contribution >= 4 is 27.5 Å². The molecule has 2 aromatic carbocycles. The molecule has 2 atom stereocenters. The van der Waals surface area contributed by atoms with Crippen LogP contribution < -0.4 is 10.1 Å². The van der Waals surface area contributed by atoms with Crippen LogP contribution in [0.15, 0.2) is 46.9 Å². The minimum atomic E-state index is -0.604. The quantitative estimate of drug-likeness (QED) is 0.538. The summed E-state index contributed by atoms with van der Waals surface area (Å²) < 4.78 is 7.22. The van der Waals surface area contributed by atoms with Crippen LogP contribution >= 0.6 is 27.5 Å². The molecule has 0 radical (unpaired) electrons. The van der Waals surface area contributed by atoms with Gasteiger partial charge in [-0.25, -0.2) is 0 Å². The molecule has 2 saturated heterocycles. The van der Waals surface area contributed by atoms with Crippen LogP contribution in [0.25, 0.3) is 0 Å². The average Bonchev–Trinajstić information content (AvgIpc) is 2.78. The lowest BCUT2D eigenvalue weighted by molar-refractivity contribution is -0.0586. The Labute approximate surface area is 211 Å². The molecule has 0 bridgehead atoms. The fourth-order valence-electron chi connectivity index (χ4n) is 4.78. The number of aliphatic hydroxyl groups is 1. The Bertz CT molecular complexity index is 918. The zero-order valence-corrected chi connectivity index (χ0v) is 21.9. The van der Waals surface area contributed by atoms with Crippen molar-refractivity contribution in [2.45, 2.75) is 57.5 Å². The van der Waals surface area contributed by atoms with Gasteiger partial charge in [-0.2, -0.15) is 0 Å². The molecule has 0 amide bonds. The number of hydrogen-bond acceptors (Lipinski definition) is 5. The van der Waals surface area contributed by atoms with Crippen molar-refractivity contribution < 1.29 is 9.84 Å². The molecular formula is C26H35BrClN3O2. The highest BCUT2D eigenvalue weighted by molar-refractivity contribution is 9.10. The summed E-state index contributed by atoms with van der Waals surface area (Å²) in [6, 6.07) is 14.9. The average molecular weight is 537 g/mol. The van der Waals surface area contributed by atoms with Crippen molar-refractivity contribution in [1.82, 2.24) is 15.1 Å². The number of nitrogens with one attached hydrogen (secondary N) is 1. The van der Waals surface area contributed by atoms with Gasteiger partial charge in [0.1, 0.15) is 12.4 Å². The Hall–Kier alpha value is -1.15. The summed E-state index contributed by atoms with van der Waals surface area (Å²) in [5.74, 6) is 0.901. The highest BCUT2D eigenvalue weighted by Crippen LogP contribution is 2.30. The summed E-state index contributed by atoms with van der Waals surface area (Å²) in [5, 5.41) is 15.6. The van der Waals surface area contributed by atoms with Crippen LogP contribution in [0.5, 0.6) is 5.75 Å². The number of piperidine rings is 1. The molecule has 0 saturated carbocycles. The second-order valence-corrected chi connectivity index (χ2v) is 11.1. The van der Waals surface area contributed by atoms with Crippen molar-refractivity contribution in [2.24, 2.45) is 0 Å². The van der Waals surface area contributed by atoms with Gasteiger partial charge in [0, 0.05) is 66.4 Å². The monoisotopic (exact) mass is 535 g/mol. The predicted octanol–water partition coefficient (Wildman–Crippen LogP) is 4.69. The molecule has 33 heavy (non-hydrogen) atoms. The van der Waals surface area contributed by atoms with Gasteiger partial charge in [0.15, 0.2) is 0 Å². The number of β-amino-alcohol motifs (C(OH)–C–C–N with tert-alkyl or cyclic N) is 1. The van der Waals surface area contributed by atoms with E-state index >= 15 is 0 Å². The van der Waals surface area contributed by atoms with Crippen molar-refractivity contribution in [3.8, 4) is 5.75 Å². The first-order valence-electron chi connectivity index (χ1n) is 11.9. The van der Waals surface area contributed by atoms with E-state index in [0.29, 0.717) is 18.7 Å². The van der Waals surface area contributed by atoms with E-state index in [0.717, 1.165) is 78.5 Å². The van der Waals surface area contributed by atoms with Crippen molar-refractivity contribution in [1.29, 1.82) is 0 Å². The zero-order valence-electron chi connectivity index (χ0n) is 19.6. The Morgan fingerprint density at radius 1 is 1.15 bits per heavy atom. The Balaban J connectivity index is 1.34. The largest absolute Gasteiger partial charge is 0.489 e. The van der Waals surface area contributed by atoms with Gasteiger partial charge in [-0.15, -0.1) is 0 Å². The standard InChI is InChI=1S/C26H35BrClN3O2/c1-19-15-31(20(2)14-29-19)18-26(32)9-11-30(12-10-26)16-22-13-23(27)5-8-25(22)33-17-21-3-6-24(28)7-4-21/h3-8,13,19-20,29,32H,9-12,14-18H2,1-2H3. The number of likely N-dealkylation sites (tertiary alicyclic amines) is 1. The van der Waals surface area contributed by atoms with Gasteiger partial charge in [0.05, 0.1) is 5.60 Å². The van der Waals surface area contributed by atoms with E-state index in [4.69, 9.17) is 16.3 Å². The molecule has 0 aliphatic carbocycles. The number of halogens is 2. The summed E-state index contributed by atoms with van der Waals surface area (Å²) in [6.07, 6.45) is 1.60. The molecule has 2 unspecified atom stereocenters. The van der Waals surface area contributed by atoms with Crippen LogP contribution in [0.3, 0.4) is 0 Å². The van der Waals surface area contributed by atoms with Crippen molar-refractivity contribution in [3.63, 3.8) is 0 Å². The molecule has 0 aromatic heterocycles. The molecule has 2 aliphatic heterocycles. The summed E-state index contributed by atoms with van der Waals surface area (Å²) in [7, 11) is 0. The van der Waals surface area contributed by atoms with E-state index in [2.05, 4.69) is 51.0 Å². The minimum Gasteiger partial charge on any atom is -0.489 e. The van der Waals surface area contributed by atoms with Gasteiger partial charge in [-0.05, 0) is 62.6 Å². The lowest BCUT2D eigenvalue weighted by Gasteiger charge is -2.45. The van der Waals surface area contributed by atoms with Crippen LogP contribution in [0.2, 0.25) is 5.02 Å². The first kappa shape index (κ1) is 25.0. The molecule has 2 aliphatic rings. The third kappa shape index (κ3) is 6.93. The van der Waals surface area contributed by atoms with Gasteiger partial charge in [0.2, 0.25) is 0 Å². The van der Waals surface area contributed by atoms with Crippen LogP contribution in [0.4, 0.5) is 0 Å². The minimum absolute atomic E-state index is 0.463. The highest BCUT2D eigenvalue weighted by Gasteiger charge is 2.36. The predicted molar refractivity (Wildman–Crippen MR) is 138 cm³/mol. The molecule has 4 rings (SSSR count). The lowest BCUT2D eigenvalue weighted by Crippen LogP contribution is -2.59.